The quantitative estimate of drug-likeness (QED) is 0.420. The summed E-state index contributed by atoms with van der Waals surface area (Å²) in [6.07, 6.45) is -0.218. The second-order valence-corrected chi connectivity index (χ2v) is 7.10. The number of ether oxygens (including phenoxy) is 2. The molecule has 3 rings (SSSR count). The standard InChI is InChI=1S/C23H25NO5/c1-28-22(26)19(14-16-8-4-2-5-9-16)29-23(27)20(18-12-13-24-15-18)21(25)17-10-6-3-7-11-17/h2-11,18-20,24H,12-15H2,1H3/t18-,19+,20+/m0/s1. The van der Waals surface area contributed by atoms with Gasteiger partial charge >= 0.3 is 11.9 Å². The number of carbonyl (C=O) groups excluding carboxylic acids is 3. The van der Waals surface area contributed by atoms with E-state index < -0.39 is 24.0 Å². The third kappa shape index (κ3) is 5.29. The number of carbonyl (C=O) groups is 3. The van der Waals surface area contributed by atoms with Crippen LogP contribution in [0, 0.1) is 11.8 Å². The first kappa shape index (κ1) is 20.7. The molecule has 29 heavy (non-hydrogen) atoms. The maximum atomic E-state index is 13.1. The van der Waals surface area contributed by atoms with Crippen molar-refractivity contribution in [3.05, 3.63) is 71.8 Å². The van der Waals surface area contributed by atoms with E-state index in [0.29, 0.717) is 18.5 Å². The lowest BCUT2D eigenvalue weighted by Crippen LogP contribution is -2.39. The molecule has 0 saturated carbocycles. The number of ketones is 1. The minimum atomic E-state index is -1.10. The van der Waals surface area contributed by atoms with Crippen LogP contribution in [0.3, 0.4) is 0 Å². The van der Waals surface area contributed by atoms with Crippen molar-refractivity contribution >= 4 is 17.7 Å². The summed E-state index contributed by atoms with van der Waals surface area (Å²) >= 11 is 0. The summed E-state index contributed by atoms with van der Waals surface area (Å²) in [4.78, 5) is 38.4. The van der Waals surface area contributed by atoms with E-state index in [9.17, 15) is 14.4 Å². The first-order valence-corrected chi connectivity index (χ1v) is 9.72. The van der Waals surface area contributed by atoms with E-state index in [1.807, 2.05) is 36.4 Å². The van der Waals surface area contributed by atoms with Gasteiger partial charge in [0.1, 0.15) is 5.92 Å². The smallest absolute Gasteiger partial charge is 0.347 e. The molecule has 6 nitrogen and oxygen atoms in total. The number of rotatable bonds is 8. The monoisotopic (exact) mass is 395 g/mol. The maximum Gasteiger partial charge on any atom is 0.347 e. The highest BCUT2D eigenvalue weighted by Crippen LogP contribution is 2.26. The van der Waals surface area contributed by atoms with Gasteiger partial charge in [-0.15, -0.1) is 0 Å². The highest BCUT2D eigenvalue weighted by atomic mass is 16.6. The Morgan fingerprint density at radius 2 is 1.66 bits per heavy atom. The minimum Gasteiger partial charge on any atom is -0.466 e. The van der Waals surface area contributed by atoms with Crippen molar-refractivity contribution < 1.29 is 23.9 Å². The molecule has 2 aromatic carbocycles. The lowest BCUT2D eigenvalue weighted by atomic mass is 9.85. The molecule has 1 fully saturated rings. The van der Waals surface area contributed by atoms with Crippen LogP contribution in [0.1, 0.15) is 22.3 Å². The predicted octanol–water partition coefficient (Wildman–Crippen LogP) is 2.42. The minimum absolute atomic E-state index is 0.176. The van der Waals surface area contributed by atoms with E-state index in [2.05, 4.69) is 5.32 Å². The van der Waals surface area contributed by atoms with E-state index >= 15 is 0 Å². The first-order chi connectivity index (χ1) is 14.1. The van der Waals surface area contributed by atoms with Gasteiger partial charge in [-0.3, -0.25) is 9.59 Å². The van der Waals surface area contributed by atoms with Gasteiger partial charge in [-0.05, 0) is 31.0 Å². The molecule has 0 aliphatic carbocycles. The Balaban J connectivity index is 1.81. The Hall–Kier alpha value is -2.99. The first-order valence-electron chi connectivity index (χ1n) is 9.72. The van der Waals surface area contributed by atoms with Crippen LogP contribution < -0.4 is 5.32 Å². The predicted molar refractivity (Wildman–Crippen MR) is 107 cm³/mol. The fourth-order valence-electron chi connectivity index (χ4n) is 3.60. The fourth-order valence-corrected chi connectivity index (χ4v) is 3.60. The molecule has 0 spiro atoms. The molecule has 6 heteroatoms. The van der Waals surface area contributed by atoms with E-state index in [1.54, 1.807) is 24.3 Å². The lowest BCUT2D eigenvalue weighted by molar-refractivity contribution is -0.168. The number of esters is 2. The largest absolute Gasteiger partial charge is 0.466 e. The summed E-state index contributed by atoms with van der Waals surface area (Å²) in [5.41, 5.74) is 1.29. The zero-order chi connectivity index (χ0) is 20.6. The number of benzene rings is 2. The number of nitrogens with one attached hydrogen (secondary N) is 1. The lowest BCUT2D eigenvalue weighted by Gasteiger charge is -2.23. The Labute approximate surface area is 170 Å². The van der Waals surface area contributed by atoms with Crippen molar-refractivity contribution in [2.24, 2.45) is 11.8 Å². The molecule has 1 saturated heterocycles. The van der Waals surface area contributed by atoms with Crippen LogP contribution in [0.25, 0.3) is 0 Å². The summed E-state index contributed by atoms with van der Waals surface area (Å²) in [7, 11) is 1.25. The third-order valence-electron chi connectivity index (χ3n) is 5.15. The zero-order valence-corrected chi connectivity index (χ0v) is 16.4. The Bertz CT molecular complexity index is 831. The van der Waals surface area contributed by atoms with Gasteiger partial charge < -0.3 is 14.8 Å². The van der Waals surface area contributed by atoms with Gasteiger partial charge in [0.25, 0.3) is 0 Å². The van der Waals surface area contributed by atoms with E-state index in [4.69, 9.17) is 9.47 Å². The second kappa shape index (κ2) is 9.98. The van der Waals surface area contributed by atoms with E-state index in [1.165, 1.54) is 7.11 Å². The summed E-state index contributed by atoms with van der Waals surface area (Å²) in [6.45, 7) is 1.29. The third-order valence-corrected chi connectivity index (χ3v) is 5.15. The number of Topliss-reactive ketones (excluding diaryl/α,β-unsaturated/α-hetero) is 1. The molecule has 1 aliphatic rings. The molecule has 0 unspecified atom stereocenters. The normalized spacial score (nSPS) is 17.9. The molecular weight excluding hydrogens is 370 g/mol. The van der Waals surface area contributed by atoms with Gasteiger partial charge in [0, 0.05) is 12.0 Å². The molecule has 1 aliphatic heterocycles. The van der Waals surface area contributed by atoms with Crippen LogP contribution in [0.2, 0.25) is 0 Å². The molecule has 0 radical (unpaired) electrons. The highest BCUT2D eigenvalue weighted by Gasteiger charge is 2.40. The maximum absolute atomic E-state index is 13.1. The topological polar surface area (TPSA) is 81.7 Å². The van der Waals surface area contributed by atoms with Gasteiger partial charge in [0.15, 0.2) is 5.78 Å². The SMILES string of the molecule is COC(=O)[C@@H](Cc1ccccc1)OC(=O)[C@@H](C(=O)c1ccccc1)[C@H]1CCNC1. The van der Waals surface area contributed by atoms with Crippen LogP contribution in [-0.4, -0.2) is 44.0 Å². The van der Waals surface area contributed by atoms with Gasteiger partial charge in [-0.1, -0.05) is 60.7 Å². The van der Waals surface area contributed by atoms with Crippen molar-refractivity contribution in [2.75, 3.05) is 20.2 Å². The molecule has 1 heterocycles. The van der Waals surface area contributed by atoms with Crippen LogP contribution in [0.4, 0.5) is 0 Å². The van der Waals surface area contributed by atoms with Crippen molar-refractivity contribution in [2.45, 2.75) is 18.9 Å². The molecule has 1 N–H and O–H groups in total. The van der Waals surface area contributed by atoms with E-state index in [-0.39, 0.29) is 18.1 Å². The average Bonchev–Trinajstić information content (AvgIpc) is 3.28. The van der Waals surface area contributed by atoms with Crippen LogP contribution in [0.5, 0.6) is 0 Å². The average molecular weight is 395 g/mol. The summed E-state index contributed by atoms with van der Waals surface area (Å²) in [5.74, 6) is -2.75. The molecule has 152 valence electrons. The highest BCUT2D eigenvalue weighted by molar-refractivity contribution is 6.09. The molecule has 0 bridgehead atoms. The van der Waals surface area contributed by atoms with Gasteiger partial charge in [-0.25, -0.2) is 4.79 Å². The molecule has 0 aromatic heterocycles. The fraction of sp³-hybridized carbons (Fsp3) is 0.348. The number of hydrogen-bond acceptors (Lipinski definition) is 6. The zero-order valence-electron chi connectivity index (χ0n) is 16.4. The van der Waals surface area contributed by atoms with Crippen molar-refractivity contribution in [1.82, 2.24) is 5.32 Å². The van der Waals surface area contributed by atoms with Gasteiger partial charge in [0.05, 0.1) is 7.11 Å². The summed E-state index contributed by atoms with van der Waals surface area (Å²) < 4.78 is 10.4. The van der Waals surface area contributed by atoms with Crippen molar-refractivity contribution in [1.29, 1.82) is 0 Å². The number of methoxy groups -OCH3 is 1. The summed E-state index contributed by atoms with van der Waals surface area (Å²) in [6, 6.07) is 18.0. The van der Waals surface area contributed by atoms with Crippen molar-refractivity contribution in [3.8, 4) is 0 Å². The molecule has 0 amide bonds. The Kier molecular flexibility index (Phi) is 7.14. The summed E-state index contributed by atoms with van der Waals surface area (Å²) in [5, 5.41) is 3.19. The second-order valence-electron chi connectivity index (χ2n) is 7.10. The van der Waals surface area contributed by atoms with Crippen molar-refractivity contribution in [3.63, 3.8) is 0 Å². The molecular formula is C23H25NO5. The Morgan fingerprint density at radius 1 is 1.00 bits per heavy atom. The van der Waals surface area contributed by atoms with E-state index in [0.717, 1.165) is 12.1 Å². The van der Waals surface area contributed by atoms with Gasteiger partial charge in [-0.2, -0.15) is 0 Å². The molecule has 2 aromatic rings. The van der Waals surface area contributed by atoms with Gasteiger partial charge in [0.2, 0.25) is 6.10 Å². The van der Waals surface area contributed by atoms with Crippen LogP contribution >= 0.6 is 0 Å². The Morgan fingerprint density at radius 3 is 2.24 bits per heavy atom. The molecule has 3 atom stereocenters. The van der Waals surface area contributed by atoms with Crippen LogP contribution in [-0.2, 0) is 25.5 Å². The van der Waals surface area contributed by atoms with Crippen LogP contribution in [0.15, 0.2) is 60.7 Å². The number of hydrogen-bond donors (Lipinski definition) is 1.